The van der Waals surface area contributed by atoms with Crippen LogP contribution in [0.1, 0.15) is 24.4 Å². The van der Waals surface area contributed by atoms with Gasteiger partial charge in [-0.3, -0.25) is 4.90 Å². The van der Waals surface area contributed by atoms with Crippen LogP contribution in [0.4, 0.5) is 10.5 Å². The van der Waals surface area contributed by atoms with Crippen molar-refractivity contribution < 1.29 is 14.1 Å². The summed E-state index contributed by atoms with van der Waals surface area (Å²) in [6.45, 7) is 1.90. The number of hydrogen-bond acceptors (Lipinski definition) is 6. The monoisotopic (exact) mass is 444 g/mol. The molecular weight excluding hydrogens is 424 g/mol. The fraction of sp³-hybridized carbons (Fsp3) is 0.125. The molecule has 160 valence electrons. The lowest BCUT2D eigenvalue weighted by Crippen LogP contribution is -2.46. The fourth-order valence-electron chi connectivity index (χ4n) is 3.79. The summed E-state index contributed by atoms with van der Waals surface area (Å²) in [6, 6.07) is 20.3. The number of carbonyl (C=O) groups excluding carboxylic acids is 1. The van der Waals surface area contributed by atoms with Gasteiger partial charge in [0.15, 0.2) is 0 Å². The molecule has 0 bridgehead atoms. The minimum atomic E-state index is -0.454. The van der Waals surface area contributed by atoms with Gasteiger partial charge in [-0.15, -0.1) is 11.3 Å². The van der Waals surface area contributed by atoms with Gasteiger partial charge < -0.3 is 14.6 Å². The van der Waals surface area contributed by atoms with E-state index in [0.29, 0.717) is 11.7 Å². The number of nitrogens with one attached hydrogen (secondary N) is 1. The lowest BCUT2D eigenvalue weighted by Gasteiger charge is -2.35. The third kappa shape index (κ3) is 3.54. The fourth-order valence-corrected chi connectivity index (χ4v) is 4.44. The van der Waals surface area contributed by atoms with Crippen molar-refractivity contribution >= 4 is 28.6 Å². The number of para-hydroxylation sites is 1. The van der Waals surface area contributed by atoms with Crippen LogP contribution in [0.25, 0.3) is 16.3 Å². The Morgan fingerprint density at radius 2 is 1.84 bits per heavy atom. The van der Waals surface area contributed by atoms with Crippen molar-refractivity contribution in [2.45, 2.75) is 13.0 Å². The van der Waals surface area contributed by atoms with Gasteiger partial charge in [-0.1, -0.05) is 41.6 Å². The topological polar surface area (TPSA) is 80.5 Å². The minimum absolute atomic E-state index is 0.226. The summed E-state index contributed by atoms with van der Waals surface area (Å²) in [5, 5.41) is 9.25. The van der Waals surface area contributed by atoms with E-state index in [1.165, 1.54) is 0 Å². The molecular formula is C24H20N4O3S. The van der Waals surface area contributed by atoms with Gasteiger partial charge in [0.05, 0.1) is 29.3 Å². The molecule has 32 heavy (non-hydrogen) atoms. The van der Waals surface area contributed by atoms with Gasteiger partial charge in [0, 0.05) is 5.70 Å². The van der Waals surface area contributed by atoms with Crippen molar-refractivity contribution in [3.63, 3.8) is 0 Å². The molecule has 3 heterocycles. The van der Waals surface area contributed by atoms with Crippen LogP contribution in [0.5, 0.6) is 5.75 Å². The number of allylic oxidation sites excluding steroid dienone is 1. The molecule has 1 N–H and O–H groups in total. The first-order chi connectivity index (χ1) is 15.7. The maximum absolute atomic E-state index is 13.2. The third-order valence-corrected chi connectivity index (χ3v) is 6.21. The third-order valence-electron chi connectivity index (χ3n) is 5.35. The maximum Gasteiger partial charge on any atom is 0.326 e. The molecule has 2 amide bonds. The summed E-state index contributed by atoms with van der Waals surface area (Å²) in [7, 11) is 1.62. The Balaban J connectivity index is 1.65. The number of carbonyl (C=O) groups is 1. The van der Waals surface area contributed by atoms with Crippen LogP contribution >= 0.6 is 11.3 Å². The molecule has 1 unspecified atom stereocenters. The number of methoxy groups -OCH3 is 1. The van der Waals surface area contributed by atoms with Gasteiger partial charge >= 0.3 is 6.03 Å². The predicted molar refractivity (Wildman–Crippen MR) is 123 cm³/mol. The second-order valence-electron chi connectivity index (χ2n) is 7.23. The highest BCUT2D eigenvalue weighted by molar-refractivity contribution is 7.13. The van der Waals surface area contributed by atoms with E-state index in [4.69, 9.17) is 9.26 Å². The molecule has 5 rings (SSSR count). The molecule has 0 fully saturated rings. The number of ether oxygens (including phenoxy) is 1. The van der Waals surface area contributed by atoms with E-state index in [0.717, 1.165) is 33.1 Å². The van der Waals surface area contributed by atoms with E-state index < -0.39 is 6.04 Å². The molecule has 4 aromatic rings. The summed E-state index contributed by atoms with van der Waals surface area (Å²) < 4.78 is 11.0. The number of anilines is 1. The van der Waals surface area contributed by atoms with Gasteiger partial charge in [0.25, 0.3) is 5.89 Å². The Morgan fingerprint density at radius 1 is 1.06 bits per heavy atom. The first kappa shape index (κ1) is 20.0. The zero-order chi connectivity index (χ0) is 22.1. The highest BCUT2D eigenvalue weighted by Gasteiger charge is 2.36. The second kappa shape index (κ2) is 8.32. The van der Waals surface area contributed by atoms with Gasteiger partial charge in [0.2, 0.25) is 5.82 Å². The molecule has 1 aliphatic rings. The largest absolute Gasteiger partial charge is 0.497 e. The number of hydrogen-bond donors (Lipinski definition) is 1. The molecule has 0 aliphatic carbocycles. The second-order valence-corrected chi connectivity index (χ2v) is 8.17. The molecule has 7 nitrogen and oxygen atoms in total. The normalized spacial score (nSPS) is 16.2. The van der Waals surface area contributed by atoms with Crippen LogP contribution in [0.15, 0.2) is 82.3 Å². The summed E-state index contributed by atoms with van der Waals surface area (Å²) in [6.07, 6.45) is 0. The highest BCUT2D eigenvalue weighted by atomic mass is 32.1. The molecule has 2 aromatic heterocycles. The van der Waals surface area contributed by atoms with Crippen LogP contribution in [-0.2, 0) is 0 Å². The lowest BCUT2D eigenvalue weighted by atomic mass is 9.94. The van der Waals surface area contributed by atoms with Crippen molar-refractivity contribution in [1.29, 1.82) is 0 Å². The van der Waals surface area contributed by atoms with Gasteiger partial charge in [0.1, 0.15) is 5.75 Å². The Labute approximate surface area is 189 Å². The minimum Gasteiger partial charge on any atom is -0.497 e. The van der Waals surface area contributed by atoms with Gasteiger partial charge in [-0.2, -0.15) is 4.98 Å². The van der Waals surface area contributed by atoms with E-state index in [-0.39, 0.29) is 6.03 Å². The van der Waals surface area contributed by atoms with E-state index in [2.05, 4.69) is 15.5 Å². The molecule has 0 spiro atoms. The van der Waals surface area contributed by atoms with Gasteiger partial charge in [-0.05, 0) is 48.2 Å². The van der Waals surface area contributed by atoms with Crippen molar-refractivity contribution in [1.82, 2.24) is 15.5 Å². The van der Waals surface area contributed by atoms with Crippen molar-refractivity contribution in [3.8, 4) is 16.5 Å². The van der Waals surface area contributed by atoms with E-state index in [1.54, 1.807) is 23.3 Å². The van der Waals surface area contributed by atoms with Crippen LogP contribution in [0.3, 0.4) is 0 Å². The van der Waals surface area contributed by atoms with Gasteiger partial charge in [-0.25, -0.2) is 4.79 Å². The number of nitrogens with zero attached hydrogens (tertiary/aromatic N) is 3. The van der Waals surface area contributed by atoms with E-state index in [9.17, 15) is 4.79 Å². The van der Waals surface area contributed by atoms with E-state index in [1.807, 2.05) is 79.0 Å². The number of benzene rings is 2. The number of urea groups is 1. The van der Waals surface area contributed by atoms with E-state index >= 15 is 0 Å². The SMILES string of the molecule is COc1ccc(C2NC(=O)N(c3ccccc3)C(C)=C2c2nc(-c3cccs3)no2)cc1. The van der Waals surface area contributed by atoms with Crippen LogP contribution in [-0.4, -0.2) is 23.3 Å². The number of thiophene rings is 1. The molecule has 0 saturated heterocycles. The van der Waals surface area contributed by atoms with Crippen LogP contribution in [0.2, 0.25) is 0 Å². The quantitative estimate of drug-likeness (QED) is 0.439. The molecule has 1 aliphatic heterocycles. The predicted octanol–water partition coefficient (Wildman–Crippen LogP) is 5.51. The maximum atomic E-state index is 13.2. The summed E-state index contributed by atoms with van der Waals surface area (Å²) in [4.78, 5) is 20.4. The Bertz CT molecular complexity index is 1260. The number of amides is 2. The summed E-state index contributed by atoms with van der Waals surface area (Å²) in [5.41, 5.74) is 3.11. The summed E-state index contributed by atoms with van der Waals surface area (Å²) in [5.74, 6) is 1.63. The Morgan fingerprint density at radius 3 is 2.53 bits per heavy atom. The molecule has 1 atom stereocenters. The summed E-state index contributed by atoms with van der Waals surface area (Å²) >= 11 is 1.54. The first-order valence-corrected chi connectivity index (χ1v) is 10.9. The first-order valence-electron chi connectivity index (χ1n) is 10.0. The highest BCUT2D eigenvalue weighted by Crippen LogP contribution is 2.39. The number of rotatable bonds is 5. The van der Waals surface area contributed by atoms with Crippen molar-refractivity contribution in [2.75, 3.05) is 12.0 Å². The number of aromatic nitrogens is 2. The molecule has 8 heteroatoms. The zero-order valence-corrected chi connectivity index (χ0v) is 18.3. The van der Waals surface area contributed by atoms with Crippen LogP contribution in [0, 0.1) is 0 Å². The standard InChI is InChI=1S/C24H20N4O3S/c1-15-20(23-26-22(27-31-23)19-9-6-14-32-19)21(16-10-12-18(30-2)13-11-16)25-24(29)28(15)17-7-4-3-5-8-17/h3-14,21H,1-2H3,(H,25,29). The molecule has 0 saturated carbocycles. The average molecular weight is 445 g/mol. The van der Waals surface area contributed by atoms with Crippen molar-refractivity contribution in [3.05, 3.63) is 89.3 Å². The Hall–Kier alpha value is -3.91. The molecule has 0 radical (unpaired) electrons. The van der Waals surface area contributed by atoms with Crippen molar-refractivity contribution in [2.24, 2.45) is 0 Å². The lowest BCUT2D eigenvalue weighted by molar-refractivity contribution is 0.244. The van der Waals surface area contributed by atoms with Crippen LogP contribution < -0.4 is 15.0 Å². The average Bonchev–Trinajstić information content (AvgIpc) is 3.52. The zero-order valence-electron chi connectivity index (χ0n) is 17.5. The Kier molecular flexibility index (Phi) is 5.20. The smallest absolute Gasteiger partial charge is 0.326 e. The molecule has 2 aromatic carbocycles.